The molecule has 0 heterocycles. The summed E-state index contributed by atoms with van der Waals surface area (Å²) in [5, 5.41) is 0. The molecule has 0 aliphatic rings. The number of benzene rings is 4. The Bertz CT molecular complexity index is 1660. The molecule has 0 aromatic heterocycles. The van der Waals surface area contributed by atoms with Crippen molar-refractivity contribution in [3.05, 3.63) is 109 Å². The molecule has 2 N–H and O–H groups in total. The van der Waals surface area contributed by atoms with Crippen LogP contribution in [0.5, 0.6) is 5.75 Å². The molecule has 0 unspecified atom stereocenters. The van der Waals surface area contributed by atoms with Crippen LogP contribution in [-0.2, 0) is 14.4 Å². The van der Waals surface area contributed by atoms with Crippen molar-refractivity contribution in [3.63, 3.8) is 0 Å². The van der Waals surface area contributed by atoms with E-state index in [2.05, 4.69) is 0 Å². The molecule has 5 amide bonds. The van der Waals surface area contributed by atoms with E-state index in [9.17, 15) is 19.2 Å². The van der Waals surface area contributed by atoms with E-state index in [1.165, 1.54) is 19.6 Å². The second-order valence-electron chi connectivity index (χ2n) is 10.7. The van der Waals surface area contributed by atoms with Gasteiger partial charge >= 0.3 is 6.03 Å². The van der Waals surface area contributed by atoms with Gasteiger partial charge in [0.15, 0.2) is 6.61 Å². The summed E-state index contributed by atoms with van der Waals surface area (Å²) in [6.45, 7) is -1.07. The maximum atomic E-state index is 14.2. The lowest BCUT2D eigenvalue weighted by Gasteiger charge is -2.31. The minimum atomic E-state index is -0.657. The number of carbonyl (C=O) groups is 4. The van der Waals surface area contributed by atoms with Gasteiger partial charge in [-0.15, -0.1) is 0 Å². The zero-order valence-corrected chi connectivity index (χ0v) is 26.4. The van der Waals surface area contributed by atoms with Gasteiger partial charge in [-0.2, -0.15) is 0 Å². The van der Waals surface area contributed by atoms with Gasteiger partial charge in [0.05, 0.1) is 0 Å². The quantitative estimate of drug-likeness (QED) is 0.251. The molecule has 4 rings (SSSR count). The summed E-state index contributed by atoms with van der Waals surface area (Å²) in [6.07, 6.45) is 0. The van der Waals surface area contributed by atoms with Gasteiger partial charge in [0.1, 0.15) is 18.8 Å². The number of carbonyl (C=O) groups excluding carboxylic acids is 4. The number of anilines is 5. The first-order valence-corrected chi connectivity index (χ1v) is 14.6. The fraction of sp³-hybridized carbons (Fsp3) is 0.200. The number of nitrogens with two attached hydrogens (primary N) is 1. The molecule has 0 radical (unpaired) electrons. The third-order valence-electron chi connectivity index (χ3n) is 7.23. The van der Waals surface area contributed by atoms with E-state index in [4.69, 9.17) is 10.5 Å². The van der Waals surface area contributed by atoms with Crippen LogP contribution >= 0.6 is 0 Å². The highest BCUT2D eigenvalue weighted by molar-refractivity contribution is 6.10. The molecule has 46 heavy (non-hydrogen) atoms. The third kappa shape index (κ3) is 8.41. The van der Waals surface area contributed by atoms with Gasteiger partial charge in [-0.25, -0.2) is 4.79 Å². The van der Waals surface area contributed by atoms with Crippen LogP contribution in [0.15, 0.2) is 109 Å². The molecule has 0 spiro atoms. The Labute approximate surface area is 269 Å². The maximum Gasteiger partial charge on any atom is 0.329 e. The van der Waals surface area contributed by atoms with Crippen molar-refractivity contribution in [2.24, 2.45) is 5.73 Å². The van der Waals surface area contributed by atoms with Gasteiger partial charge in [-0.05, 0) is 54.6 Å². The molecule has 4 aromatic rings. The highest BCUT2D eigenvalue weighted by atomic mass is 16.5. The van der Waals surface area contributed by atoms with Crippen LogP contribution in [0.1, 0.15) is 0 Å². The summed E-state index contributed by atoms with van der Waals surface area (Å²) in [7, 11) is 7.10. The first-order chi connectivity index (χ1) is 22.0. The van der Waals surface area contributed by atoms with E-state index in [-0.39, 0.29) is 31.4 Å². The number of ether oxygens (including phenoxy) is 1. The summed E-state index contributed by atoms with van der Waals surface area (Å²) in [4.78, 5) is 60.7. The third-order valence-corrected chi connectivity index (χ3v) is 7.23. The SMILES string of the molecule is CN(C)c1cccc(N(C)C(=O)N(CC(=O)N(CC(=O)N(C)c2ccccc2)c2cccc(OCC(N)=O)c2)c2ccccc2)c1. The van der Waals surface area contributed by atoms with Crippen molar-refractivity contribution < 1.29 is 23.9 Å². The number of primary amides is 1. The van der Waals surface area contributed by atoms with Crippen LogP contribution in [-0.4, -0.2) is 71.6 Å². The number of para-hydroxylation sites is 2. The highest BCUT2D eigenvalue weighted by Crippen LogP contribution is 2.26. The van der Waals surface area contributed by atoms with Gasteiger partial charge in [0, 0.05) is 62.7 Å². The number of amides is 5. The average Bonchev–Trinajstić information content (AvgIpc) is 3.08. The molecule has 11 heteroatoms. The van der Waals surface area contributed by atoms with Crippen molar-refractivity contribution in [3.8, 4) is 5.75 Å². The van der Waals surface area contributed by atoms with E-state index in [0.29, 0.717) is 22.7 Å². The van der Waals surface area contributed by atoms with Gasteiger partial charge in [0.2, 0.25) is 11.8 Å². The fourth-order valence-corrected chi connectivity index (χ4v) is 4.63. The summed E-state index contributed by atoms with van der Waals surface area (Å²) < 4.78 is 5.47. The Morgan fingerprint density at radius 1 is 0.565 bits per heavy atom. The molecule has 0 aliphatic heterocycles. The number of likely N-dealkylation sites (N-methyl/N-ethyl adjacent to an activating group) is 1. The van der Waals surface area contributed by atoms with Crippen molar-refractivity contribution in [2.45, 2.75) is 0 Å². The van der Waals surface area contributed by atoms with Crippen LogP contribution in [0.3, 0.4) is 0 Å². The molecule has 0 fully saturated rings. The molecule has 0 saturated heterocycles. The molecule has 238 valence electrons. The first kappa shape index (κ1) is 33.1. The lowest BCUT2D eigenvalue weighted by molar-refractivity contribution is -0.121. The van der Waals surface area contributed by atoms with Crippen molar-refractivity contribution in [2.75, 3.05) is 72.4 Å². The molecular formula is C35H38N6O5. The van der Waals surface area contributed by atoms with Crippen LogP contribution in [0.2, 0.25) is 0 Å². The standard InChI is InChI=1S/C35H38N6O5/c1-37(2)28-17-11-18-29(21-28)39(4)35(45)41(27-15-9-6-10-16-27)24-34(44)40(23-33(43)38(3)26-13-7-5-8-14-26)30-19-12-20-31(22-30)46-25-32(36)42/h5-22H,23-25H2,1-4H3,(H2,36,42). The zero-order valence-electron chi connectivity index (χ0n) is 26.4. The Kier molecular flexibility index (Phi) is 11.0. The summed E-state index contributed by atoms with van der Waals surface area (Å²) in [5.41, 5.74) is 8.29. The Balaban J connectivity index is 1.68. The second-order valence-corrected chi connectivity index (χ2v) is 10.7. The van der Waals surface area contributed by atoms with E-state index in [1.807, 2.05) is 67.5 Å². The van der Waals surface area contributed by atoms with Gasteiger partial charge in [-0.1, -0.05) is 48.5 Å². The van der Waals surface area contributed by atoms with Crippen LogP contribution in [0.25, 0.3) is 0 Å². The van der Waals surface area contributed by atoms with Gasteiger partial charge < -0.3 is 25.2 Å². The average molecular weight is 623 g/mol. The van der Waals surface area contributed by atoms with Crippen LogP contribution in [0.4, 0.5) is 33.2 Å². The minimum Gasteiger partial charge on any atom is -0.484 e. The topological polar surface area (TPSA) is 120 Å². The van der Waals surface area contributed by atoms with Crippen molar-refractivity contribution >= 4 is 52.2 Å². The number of nitrogens with zero attached hydrogens (tertiary/aromatic N) is 5. The molecule has 0 aliphatic carbocycles. The molecule has 4 aromatic carbocycles. The largest absolute Gasteiger partial charge is 0.484 e. The normalized spacial score (nSPS) is 10.4. The number of hydrogen-bond acceptors (Lipinski definition) is 6. The smallest absolute Gasteiger partial charge is 0.329 e. The first-order valence-electron chi connectivity index (χ1n) is 14.6. The fourth-order valence-electron chi connectivity index (χ4n) is 4.63. The van der Waals surface area contributed by atoms with Crippen LogP contribution in [0, 0.1) is 0 Å². The van der Waals surface area contributed by atoms with Crippen molar-refractivity contribution in [1.82, 2.24) is 0 Å². The molecule has 0 saturated carbocycles. The predicted molar refractivity (Wildman–Crippen MR) is 182 cm³/mol. The minimum absolute atomic E-state index is 0.287. The molecule has 11 nitrogen and oxygen atoms in total. The van der Waals surface area contributed by atoms with Gasteiger partial charge in [0.25, 0.3) is 5.91 Å². The monoisotopic (exact) mass is 622 g/mol. The van der Waals surface area contributed by atoms with Gasteiger partial charge in [-0.3, -0.25) is 24.2 Å². The Morgan fingerprint density at radius 3 is 1.74 bits per heavy atom. The second kappa shape index (κ2) is 15.2. The Morgan fingerprint density at radius 2 is 1.11 bits per heavy atom. The Hall–Kier alpha value is -5.84. The van der Waals surface area contributed by atoms with E-state index >= 15 is 0 Å². The van der Waals surface area contributed by atoms with Crippen molar-refractivity contribution in [1.29, 1.82) is 0 Å². The van der Waals surface area contributed by atoms with Crippen LogP contribution < -0.4 is 35.0 Å². The van der Waals surface area contributed by atoms with E-state index < -0.39 is 17.8 Å². The number of hydrogen-bond donors (Lipinski definition) is 1. The zero-order chi connectivity index (χ0) is 33.2. The summed E-state index contributed by atoms with van der Waals surface area (Å²) >= 11 is 0. The molecule has 0 atom stereocenters. The predicted octanol–water partition coefficient (Wildman–Crippen LogP) is 4.38. The molecular weight excluding hydrogens is 584 g/mol. The molecule has 0 bridgehead atoms. The summed E-state index contributed by atoms with van der Waals surface area (Å²) in [5.74, 6) is -1.25. The maximum absolute atomic E-state index is 14.2. The number of rotatable bonds is 12. The highest BCUT2D eigenvalue weighted by Gasteiger charge is 2.29. The van der Waals surface area contributed by atoms with E-state index in [1.54, 1.807) is 74.8 Å². The lowest BCUT2D eigenvalue weighted by Crippen LogP contribution is -2.50. The lowest BCUT2D eigenvalue weighted by atomic mass is 10.2. The summed E-state index contributed by atoms with van der Waals surface area (Å²) in [6, 6.07) is 31.4. The van der Waals surface area contributed by atoms with E-state index in [0.717, 1.165) is 5.69 Å². The number of urea groups is 1.